The maximum Gasteiger partial charge on any atom is 1.00 e. The Labute approximate surface area is 182 Å². The van der Waals surface area contributed by atoms with Crippen molar-refractivity contribution >= 4 is 43.5 Å². The fraction of sp³-hybridized carbons (Fsp3) is 0.167. The molecule has 2 aromatic rings. The average Bonchev–Trinajstić information content (AvgIpc) is 2.56. The van der Waals surface area contributed by atoms with Crippen molar-refractivity contribution in [1.82, 2.24) is 9.97 Å². The van der Waals surface area contributed by atoms with Gasteiger partial charge in [-0.3, -0.25) is 4.91 Å². The van der Waals surface area contributed by atoms with Gasteiger partial charge < -0.3 is 11.1 Å². The van der Waals surface area contributed by atoms with Gasteiger partial charge in [0, 0.05) is 17.3 Å². The largest absolute Gasteiger partial charge is 1.00 e. The first kappa shape index (κ1) is 25.4. The van der Waals surface area contributed by atoms with E-state index in [9.17, 15) is 0 Å². The summed E-state index contributed by atoms with van der Waals surface area (Å²) in [5.41, 5.74) is 23.5. The first-order chi connectivity index (χ1) is 11.1. The second kappa shape index (κ2) is 17.0. The van der Waals surface area contributed by atoms with Crippen LogP contribution in [0.4, 0.5) is 0 Å². The van der Waals surface area contributed by atoms with Crippen molar-refractivity contribution in [2.45, 2.75) is 12.4 Å². The summed E-state index contributed by atoms with van der Waals surface area (Å²) in [6.07, 6.45) is 3.39. The van der Waals surface area contributed by atoms with Gasteiger partial charge in [0.05, 0.1) is 12.4 Å². The van der Waals surface area contributed by atoms with E-state index in [-0.39, 0.29) is 29.6 Å². The number of rotatable bonds is 3. The topological polar surface area (TPSA) is 133 Å². The molecule has 2 aromatic heterocycles. The van der Waals surface area contributed by atoms with Gasteiger partial charge >= 0.3 is 29.6 Å². The number of azide groups is 1. The quantitative estimate of drug-likeness (QED) is 0.165. The number of halogens is 3. The molecule has 0 aliphatic heterocycles. The molecule has 0 N–H and O–H groups in total. The Morgan fingerprint density at radius 3 is 1.79 bits per heavy atom. The second-order valence-electron chi connectivity index (χ2n) is 3.52. The molecule has 0 aliphatic rings. The summed E-state index contributed by atoms with van der Waals surface area (Å²) in [7, 11) is 0. The molecule has 8 nitrogen and oxygen atoms in total. The summed E-state index contributed by atoms with van der Waals surface area (Å²) in [6, 6.07) is 7.45. The molecule has 0 aliphatic carbocycles. The first-order valence-corrected chi connectivity index (χ1v) is 7.96. The minimum atomic E-state index is 0. The Hall–Kier alpha value is -0.830. The van der Waals surface area contributed by atoms with Crippen molar-refractivity contribution < 1.29 is 29.6 Å². The Morgan fingerprint density at radius 1 is 1.00 bits per heavy atom. The number of aromatic nitrogens is 2. The van der Waals surface area contributed by atoms with Gasteiger partial charge in [0.25, 0.3) is 0 Å². The third-order valence-corrected chi connectivity index (χ3v) is 3.84. The molecule has 0 bridgehead atoms. The predicted molar refractivity (Wildman–Crippen MR) is 96.4 cm³/mol. The zero-order chi connectivity index (χ0) is 17.5. The van der Waals surface area contributed by atoms with Crippen LogP contribution in [0.2, 0.25) is 0 Å². The summed E-state index contributed by atoms with van der Waals surface area (Å²) >= 11 is 12.1. The van der Waals surface area contributed by atoms with Crippen LogP contribution in [-0.4, -0.2) is 9.97 Å². The monoisotopic (exact) mass is 482 g/mol. The standard InChI is InChI=1S/C6H5BrClN.C6H5BrN4.N3.Na/c7-6-5(4-8)2-1-3-9-6;7-6-5(4-10-11-8)2-1-3-9-6;1-3-2;/h1-3H,4H2;1-3H,4H2;;/q;;-1;+1. The molecular formula is C12H10Br2ClN8Na. The van der Waals surface area contributed by atoms with Gasteiger partial charge in [-0.15, -0.1) is 11.6 Å². The molecule has 0 unspecified atom stereocenters. The fourth-order valence-corrected chi connectivity index (χ4v) is 2.31. The van der Waals surface area contributed by atoms with Crippen LogP contribution in [0.15, 0.2) is 51.0 Å². The van der Waals surface area contributed by atoms with Gasteiger partial charge in [-0.05, 0) is 60.7 Å². The van der Waals surface area contributed by atoms with Gasteiger partial charge in [0.2, 0.25) is 0 Å². The van der Waals surface area contributed by atoms with E-state index in [4.69, 9.17) is 28.2 Å². The molecule has 12 heteroatoms. The van der Waals surface area contributed by atoms with E-state index in [2.05, 4.69) is 51.9 Å². The molecule has 2 rings (SSSR count). The summed E-state index contributed by atoms with van der Waals surface area (Å²) < 4.78 is 1.56. The number of nitrogens with zero attached hydrogens (tertiary/aromatic N) is 8. The van der Waals surface area contributed by atoms with Gasteiger partial charge in [0.1, 0.15) is 9.21 Å². The van der Waals surface area contributed by atoms with Crippen molar-refractivity contribution in [2.24, 2.45) is 5.11 Å². The minimum Gasteiger partial charge on any atom is -0.373 e. The average molecular weight is 485 g/mol. The van der Waals surface area contributed by atoms with Crippen molar-refractivity contribution in [3.63, 3.8) is 0 Å². The van der Waals surface area contributed by atoms with Crippen LogP contribution in [0.1, 0.15) is 11.1 Å². The number of hydrogen-bond donors (Lipinski definition) is 0. The number of alkyl halides is 1. The Morgan fingerprint density at radius 2 is 1.46 bits per heavy atom. The fourth-order valence-electron chi connectivity index (χ4n) is 1.16. The van der Waals surface area contributed by atoms with Crippen LogP contribution >= 0.6 is 43.5 Å². The van der Waals surface area contributed by atoms with E-state index in [0.717, 1.165) is 20.3 Å². The first-order valence-electron chi connectivity index (χ1n) is 5.84. The van der Waals surface area contributed by atoms with Crippen LogP contribution in [0.3, 0.4) is 0 Å². The Balaban J connectivity index is 0. The summed E-state index contributed by atoms with van der Waals surface area (Å²) in [6.45, 7) is 0.338. The van der Waals surface area contributed by atoms with E-state index in [1.807, 2.05) is 18.2 Å². The number of pyridine rings is 2. The summed E-state index contributed by atoms with van der Waals surface area (Å²) in [5.74, 6) is 0.508. The zero-order valence-corrected chi connectivity index (χ0v) is 18.5. The van der Waals surface area contributed by atoms with Gasteiger partial charge in [-0.1, -0.05) is 17.2 Å². The van der Waals surface area contributed by atoms with Gasteiger partial charge in [-0.25, -0.2) is 9.97 Å². The molecule has 120 valence electrons. The molecule has 0 spiro atoms. The van der Waals surface area contributed by atoms with E-state index in [1.54, 1.807) is 18.5 Å². The van der Waals surface area contributed by atoms with Crippen molar-refractivity contribution in [3.8, 4) is 0 Å². The SMILES string of the molecule is ClCc1cccnc1Br.[N-]=[N+]=NCc1cccnc1Br.[N-]=[N+]=[N-].[Na+]. The third kappa shape index (κ3) is 11.7. The molecule has 24 heavy (non-hydrogen) atoms. The molecule has 0 radical (unpaired) electrons. The van der Waals surface area contributed by atoms with E-state index < -0.39 is 0 Å². The van der Waals surface area contributed by atoms with Crippen LogP contribution in [0.5, 0.6) is 0 Å². The van der Waals surface area contributed by atoms with Crippen molar-refractivity contribution in [1.29, 1.82) is 0 Å². The maximum atomic E-state index is 8.04. The van der Waals surface area contributed by atoms with Crippen LogP contribution in [-0.2, 0) is 12.4 Å². The van der Waals surface area contributed by atoms with E-state index in [0.29, 0.717) is 12.4 Å². The molecule has 0 saturated carbocycles. The van der Waals surface area contributed by atoms with E-state index >= 15 is 0 Å². The molecule has 0 fully saturated rings. The van der Waals surface area contributed by atoms with Gasteiger partial charge in [-0.2, -0.15) is 0 Å². The molecular weight excluding hydrogens is 474 g/mol. The van der Waals surface area contributed by atoms with Crippen LogP contribution in [0.25, 0.3) is 26.4 Å². The smallest absolute Gasteiger partial charge is 0.373 e. The molecule has 0 atom stereocenters. The molecule has 2 heterocycles. The normalized spacial score (nSPS) is 7.96. The Kier molecular flexibility index (Phi) is 18.0. The maximum absolute atomic E-state index is 8.04. The van der Waals surface area contributed by atoms with Crippen LogP contribution < -0.4 is 29.6 Å². The molecule has 0 saturated heterocycles. The summed E-state index contributed by atoms with van der Waals surface area (Å²) in [5, 5.41) is 3.41. The summed E-state index contributed by atoms with van der Waals surface area (Å²) in [4.78, 5) is 12.1. The zero-order valence-electron chi connectivity index (χ0n) is 12.6. The molecule has 0 aromatic carbocycles. The van der Waals surface area contributed by atoms with E-state index in [1.165, 1.54) is 4.91 Å². The van der Waals surface area contributed by atoms with Crippen LogP contribution in [0, 0.1) is 0 Å². The number of hydrogen-bond acceptors (Lipinski definition) is 3. The predicted octanol–water partition coefficient (Wildman–Crippen LogP) is 3.11. The minimum absolute atomic E-state index is 0. The van der Waals surface area contributed by atoms with Crippen molar-refractivity contribution in [2.75, 3.05) is 0 Å². The molecule has 0 amide bonds. The van der Waals surface area contributed by atoms with Gasteiger partial charge in [0.15, 0.2) is 0 Å². The third-order valence-electron chi connectivity index (χ3n) is 2.12. The Bertz CT molecular complexity index is 690. The van der Waals surface area contributed by atoms with Crippen molar-refractivity contribution in [3.05, 3.63) is 83.4 Å². The second-order valence-corrected chi connectivity index (χ2v) is 5.29.